The molecule has 0 aromatic heterocycles. The zero-order valence-corrected chi connectivity index (χ0v) is 15.8. The van der Waals surface area contributed by atoms with Crippen LogP contribution in [0.4, 0.5) is 0 Å². The maximum atomic E-state index is 9.90. The summed E-state index contributed by atoms with van der Waals surface area (Å²) in [6, 6.07) is 0. The third-order valence-corrected chi connectivity index (χ3v) is 4.80. The van der Waals surface area contributed by atoms with Crippen molar-refractivity contribution in [2.75, 3.05) is 6.61 Å². The monoisotopic (exact) mass is 346 g/mol. The van der Waals surface area contributed by atoms with E-state index in [1.54, 1.807) is 0 Å². The van der Waals surface area contributed by atoms with E-state index in [4.69, 9.17) is 5.11 Å². The van der Waals surface area contributed by atoms with Gasteiger partial charge in [-0.3, -0.25) is 0 Å². The molecule has 4 heteroatoms. The van der Waals surface area contributed by atoms with Crippen molar-refractivity contribution < 1.29 is 20.4 Å². The van der Waals surface area contributed by atoms with Crippen LogP contribution in [0.3, 0.4) is 0 Å². The smallest absolute Gasteiger partial charge is 0.0820 e. The van der Waals surface area contributed by atoms with Gasteiger partial charge in [-0.1, -0.05) is 77.6 Å². The topological polar surface area (TPSA) is 80.9 Å². The third-order valence-electron chi connectivity index (χ3n) is 4.80. The SMILES string of the molecule is CCCCCCC(O)CCCCCCCCCC(O)C(O)CCO. The van der Waals surface area contributed by atoms with Crippen molar-refractivity contribution in [3.8, 4) is 0 Å². The number of hydrogen-bond acceptors (Lipinski definition) is 4. The molecular formula is C20H42O4. The minimum Gasteiger partial charge on any atom is -0.396 e. The second kappa shape index (κ2) is 17.7. The molecule has 0 bridgehead atoms. The number of aliphatic hydroxyl groups excluding tert-OH is 4. The number of aliphatic hydroxyl groups is 4. The Morgan fingerprint density at radius 3 is 1.46 bits per heavy atom. The van der Waals surface area contributed by atoms with Gasteiger partial charge in [0.05, 0.1) is 18.3 Å². The summed E-state index contributed by atoms with van der Waals surface area (Å²) in [4.78, 5) is 0. The highest BCUT2D eigenvalue weighted by Crippen LogP contribution is 2.15. The normalized spacial score (nSPS) is 15.4. The second-order valence-corrected chi connectivity index (χ2v) is 7.20. The summed E-state index contributed by atoms with van der Waals surface area (Å²) in [5.41, 5.74) is 0. The van der Waals surface area contributed by atoms with Gasteiger partial charge in [-0.15, -0.1) is 0 Å². The molecule has 0 saturated heterocycles. The van der Waals surface area contributed by atoms with Crippen molar-refractivity contribution in [3.63, 3.8) is 0 Å². The molecule has 0 aliphatic heterocycles. The minimum atomic E-state index is -0.789. The van der Waals surface area contributed by atoms with Crippen molar-refractivity contribution in [1.82, 2.24) is 0 Å². The van der Waals surface area contributed by atoms with E-state index in [-0.39, 0.29) is 19.1 Å². The molecule has 0 aliphatic rings. The Hall–Kier alpha value is -0.160. The maximum absolute atomic E-state index is 9.90. The molecule has 146 valence electrons. The Bertz CT molecular complexity index is 248. The zero-order chi connectivity index (χ0) is 18.0. The van der Waals surface area contributed by atoms with Crippen LogP contribution in [-0.2, 0) is 0 Å². The summed E-state index contributed by atoms with van der Waals surface area (Å²) < 4.78 is 0. The Morgan fingerprint density at radius 1 is 0.542 bits per heavy atom. The summed E-state index contributed by atoms with van der Waals surface area (Å²) in [6.45, 7) is 2.13. The molecule has 0 radical (unpaired) electrons. The summed E-state index contributed by atoms with van der Waals surface area (Å²) >= 11 is 0. The molecule has 4 nitrogen and oxygen atoms in total. The minimum absolute atomic E-state index is 0.0777. The first kappa shape index (κ1) is 23.8. The highest BCUT2D eigenvalue weighted by molar-refractivity contribution is 4.66. The van der Waals surface area contributed by atoms with E-state index in [1.807, 2.05) is 0 Å². The Morgan fingerprint density at radius 2 is 0.958 bits per heavy atom. The molecule has 0 amide bonds. The molecule has 4 N–H and O–H groups in total. The van der Waals surface area contributed by atoms with Gasteiger partial charge in [-0.2, -0.15) is 0 Å². The Labute approximate surface area is 149 Å². The number of unbranched alkanes of at least 4 members (excludes halogenated alkanes) is 9. The lowest BCUT2D eigenvalue weighted by molar-refractivity contribution is -0.000106. The van der Waals surface area contributed by atoms with E-state index in [9.17, 15) is 15.3 Å². The van der Waals surface area contributed by atoms with Crippen LogP contribution in [0, 0.1) is 0 Å². The van der Waals surface area contributed by atoms with Gasteiger partial charge < -0.3 is 20.4 Å². The van der Waals surface area contributed by atoms with Gasteiger partial charge in [0.25, 0.3) is 0 Å². The van der Waals surface area contributed by atoms with Gasteiger partial charge in [-0.05, 0) is 25.7 Å². The molecule has 0 fully saturated rings. The number of rotatable bonds is 18. The molecule has 0 aromatic carbocycles. The Balaban J connectivity index is 3.27. The van der Waals surface area contributed by atoms with Gasteiger partial charge >= 0.3 is 0 Å². The van der Waals surface area contributed by atoms with E-state index in [2.05, 4.69) is 6.92 Å². The molecule has 0 rings (SSSR count). The first-order chi connectivity index (χ1) is 11.6. The van der Waals surface area contributed by atoms with E-state index in [0.717, 1.165) is 38.5 Å². The fraction of sp³-hybridized carbons (Fsp3) is 1.00. The van der Waals surface area contributed by atoms with Crippen molar-refractivity contribution in [2.24, 2.45) is 0 Å². The third kappa shape index (κ3) is 15.4. The van der Waals surface area contributed by atoms with Crippen LogP contribution in [0.25, 0.3) is 0 Å². The van der Waals surface area contributed by atoms with Crippen molar-refractivity contribution >= 4 is 0 Å². The number of hydrogen-bond donors (Lipinski definition) is 4. The first-order valence-corrected chi connectivity index (χ1v) is 10.3. The van der Waals surface area contributed by atoms with Crippen LogP contribution in [0.1, 0.15) is 103 Å². The summed E-state index contributed by atoms with van der Waals surface area (Å²) in [6.07, 6.45) is 14.1. The van der Waals surface area contributed by atoms with E-state index >= 15 is 0 Å². The van der Waals surface area contributed by atoms with Crippen molar-refractivity contribution in [1.29, 1.82) is 0 Å². The van der Waals surface area contributed by atoms with E-state index in [1.165, 1.54) is 44.9 Å². The molecular weight excluding hydrogens is 304 g/mol. The molecule has 0 aliphatic carbocycles. The summed E-state index contributed by atoms with van der Waals surface area (Å²) in [5, 5.41) is 37.8. The molecule has 0 aromatic rings. The Kier molecular flexibility index (Phi) is 17.5. The van der Waals surface area contributed by atoms with Gasteiger partial charge in [-0.25, -0.2) is 0 Å². The molecule has 0 spiro atoms. The van der Waals surface area contributed by atoms with Crippen LogP contribution < -0.4 is 0 Å². The largest absolute Gasteiger partial charge is 0.396 e. The lowest BCUT2D eigenvalue weighted by atomic mass is 10.0. The molecule has 0 saturated carbocycles. The molecule has 3 atom stereocenters. The van der Waals surface area contributed by atoms with Gasteiger partial charge in [0.2, 0.25) is 0 Å². The summed E-state index contributed by atoms with van der Waals surface area (Å²) in [7, 11) is 0. The molecule has 3 unspecified atom stereocenters. The van der Waals surface area contributed by atoms with Crippen LogP contribution in [0.5, 0.6) is 0 Å². The summed E-state index contributed by atoms with van der Waals surface area (Å²) in [5.74, 6) is 0. The van der Waals surface area contributed by atoms with E-state index in [0.29, 0.717) is 6.42 Å². The van der Waals surface area contributed by atoms with Gasteiger partial charge in [0, 0.05) is 6.61 Å². The lowest BCUT2D eigenvalue weighted by Crippen LogP contribution is -2.26. The van der Waals surface area contributed by atoms with Gasteiger partial charge in [0.15, 0.2) is 0 Å². The van der Waals surface area contributed by atoms with Gasteiger partial charge in [0.1, 0.15) is 0 Å². The first-order valence-electron chi connectivity index (χ1n) is 10.3. The second-order valence-electron chi connectivity index (χ2n) is 7.20. The van der Waals surface area contributed by atoms with Crippen molar-refractivity contribution in [2.45, 2.75) is 122 Å². The fourth-order valence-corrected chi connectivity index (χ4v) is 3.09. The standard InChI is InChI=1S/C20H42O4/c1-2-3-4-10-13-18(22)14-11-8-6-5-7-9-12-15-19(23)20(24)16-17-21/h18-24H,2-17H2,1H3. The molecule has 24 heavy (non-hydrogen) atoms. The maximum Gasteiger partial charge on any atom is 0.0820 e. The predicted molar refractivity (Wildman–Crippen MR) is 100 cm³/mol. The van der Waals surface area contributed by atoms with Crippen LogP contribution in [0.2, 0.25) is 0 Å². The quantitative estimate of drug-likeness (QED) is 0.283. The predicted octanol–water partition coefficient (Wildman–Crippen LogP) is 3.93. The highest BCUT2D eigenvalue weighted by atomic mass is 16.3. The van der Waals surface area contributed by atoms with Crippen LogP contribution in [0.15, 0.2) is 0 Å². The average molecular weight is 347 g/mol. The lowest BCUT2D eigenvalue weighted by Gasteiger charge is -2.16. The molecule has 0 heterocycles. The van der Waals surface area contributed by atoms with Crippen LogP contribution in [-0.4, -0.2) is 45.3 Å². The highest BCUT2D eigenvalue weighted by Gasteiger charge is 2.14. The van der Waals surface area contributed by atoms with Crippen LogP contribution >= 0.6 is 0 Å². The van der Waals surface area contributed by atoms with E-state index < -0.39 is 12.2 Å². The zero-order valence-electron chi connectivity index (χ0n) is 15.8. The van der Waals surface area contributed by atoms with Crippen molar-refractivity contribution in [3.05, 3.63) is 0 Å². The average Bonchev–Trinajstić information content (AvgIpc) is 2.57. The fourth-order valence-electron chi connectivity index (χ4n) is 3.09.